The highest BCUT2D eigenvalue weighted by atomic mass is 31.2. The van der Waals surface area contributed by atoms with Gasteiger partial charge in [-0.2, -0.15) is 0 Å². The van der Waals surface area contributed by atoms with E-state index in [1.165, 1.54) is 57.8 Å². The second-order valence-electron chi connectivity index (χ2n) is 16.6. The number of ether oxygens (including phenoxy) is 3. The number of esters is 2. The zero-order valence-corrected chi connectivity index (χ0v) is 37.6. The van der Waals surface area contributed by atoms with Crippen LogP contribution in [0, 0.1) is 0 Å². The molecule has 60 heavy (non-hydrogen) atoms. The van der Waals surface area contributed by atoms with Crippen molar-refractivity contribution in [2.24, 2.45) is 0 Å². The van der Waals surface area contributed by atoms with Gasteiger partial charge in [0.25, 0.3) is 0 Å². The number of unbranched alkanes of at least 4 members (excludes halogenated alkanes) is 18. The smallest absolute Gasteiger partial charge is 0.462 e. The summed E-state index contributed by atoms with van der Waals surface area (Å²) in [4.78, 5) is 35.7. The van der Waals surface area contributed by atoms with Crippen molar-refractivity contribution in [1.29, 1.82) is 0 Å². The molecule has 0 aromatic rings. The van der Waals surface area contributed by atoms with E-state index in [0.29, 0.717) is 25.0 Å². The van der Waals surface area contributed by atoms with Gasteiger partial charge in [0.1, 0.15) is 43.2 Å². The Morgan fingerprint density at radius 3 is 1.62 bits per heavy atom. The molecule has 1 heterocycles. The van der Waals surface area contributed by atoms with E-state index in [1.54, 1.807) is 0 Å². The highest BCUT2D eigenvalue weighted by molar-refractivity contribution is 7.47. The van der Waals surface area contributed by atoms with Crippen LogP contribution in [0.1, 0.15) is 181 Å². The van der Waals surface area contributed by atoms with Gasteiger partial charge in [-0.15, -0.1) is 0 Å². The molecule has 1 aliphatic heterocycles. The summed E-state index contributed by atoms with van der Waals surface area (Å²) in [5, 5.41) is 50.1. The number of allylic oxidation sites excluding steroid dienone is 3. The Kier molecular flexibility index (Phi) is 29.8. The van der Waals surface area contributed by atoms with E-state index in [-0.39, 0.29) is 12.8 Å². The number of aliphatic hydroxyl groups is 5. The van der Waals surface area contributed by atoms with Crippen molar-refractivity contribution in [1.82, 2.24) is 0 Å². The Morgan fingerprint density at radius 2 is 1.05 bits per heavy atom. The number of epoxide rings is 1. The molecule has 350 valence electrons. The fourth-order valence-electron chi connectivity index (χ4n) is 7.29. The van der Waals surface area contributed by atoms with Gasteiger partial charge < -0.3 is 44.6 Å². The van der Waals surface area contributed by atoms with Crippen LogP contribution in [0.2, 0.25) is 0 Å². The fraction of sp³-hybridized carbons (Fsp3) is 0.867. The first-order valence-corrected chi connectivity index (χ1v) is 24.8. The van der Waals surface area contributed by atoms with Gasteiger partial charge in [-0.25, -0.2) is 4.57 Å². The molecule has 8 atom stereocenters. The van der Waals surface area contributed by atoms with E-state index in [1.807, 2.05) is 0 Å². The summed E-state index contributed by atoms with van der Waals surface area (Å²) >= 11 is 0. The molecular formula is C45H81O14P. The number of phosphoric ester groups is 1. The van der Waals surface area contributed by atoms with E-state index < -0.39 is 75.7 Å². The highest BCUT2D eigenvalue weighted by Gasteiger charge is 2.51. The monoisotopic (exact) mass is 877 g/mol. The molecule has 15 heteroatoms. The van der Waals surface area contributed by atoms with Crippen LogP contribution in [0.3, 0.4) is 0 Å². The Balaban J connectivity index is 1.71. The van der Waals surface area contributed by atoms with Crippen molar-refractivity contribution in [2.75, 3.05) is 13.2 Å². The lowest BCUT2D eigenvalue weighted by molar-refractivity contribution is -0.220. The number of hydrogen-bond donors (Lipinski definition) is 6. The number of rotatable bonds is 37. The number of aliphatic hydroxyl groups excluding tert-OH is 5. The quantitative estimate of drug-likeness (QED) is 0.0115. The molecule has 2 aliphatic rings. The van der Waals surface area contributed by atoms with Crippen molar-refractivity contribution in [3.63, 3.8) is 0 Å². The van der Waals surface area contributed by atoms with Crippen LogP contribution >= 0.6 is 7.82 Å². The van der Waals surface area contributed by atoms with E-state index >= 15 is 0 Å². The Labute approximate surface area is 360 Å². The largest absolute Gasteiger partial charge is 0.472 e. The predicted molar refractivity (Wildman–Crippen MR) is 230 cm³/mol. The standard InChI is InChI=1S/C45H81O14P/c1-3-5-7-8-9-10-11-12-13-14-15-16-20-23-27-31-38(46)55-33-35(34-56-60(53,54)59-45-43(51)41(49)40(48)42(50)44(45)52)57-39(47)32-28-24-21-18-17-19-22-26-30-37-36(58-37)29-25-6-4-2/h12-13,22,26,35-37,40-45,48-52H,3-11,14-21,23-25,27-34H2,1-2H3,(H,53,54)/b13-12-,26-22-. The summed E-state index contributed by atoms with van der Waals surface area (Å²) in [6, 6.07) is 0. The molecule has 1 saturated heterocycles. The molecule has 2 fully saturated rings. The zero-order valence-electron chi connectivity index (χ0n) is 36.7. The van der Waals surface area contributed by atoms with Gasteiger partial charge in [-0.05, 0) is 64.2 Å². The summed E-state index contributed by atoms with van der Waals surface area (Å²) in [5.74, 6) is -1.13. The van der Waals surface area contributed by atoms with Crippen LogP contribution < -0.4 is 0 Å². The van der Waals surface area contributed by atoms with Crippen LogP contribution in [0.4, 0.5) is 0 Å². The molecule has 0 bridgehead atoms. The van der Waals surface area contributed by atoms with E-state index in [2.05, 4.69) is 38.2 Å². The summed E-state index contributed by atoms with van der Waals surface area (Å²) in [7, 11) is -5.12. The fourth-order valence-corrected chi connectivity index (χ4v) is 8.26. The van der Waals surface area contributed by atoms with E-state index in [4.69, 9.17) is 23.3 Å². The molecule has 6 N–H and O–H groups in total. The average Bonchev–Trinajstić information content (AvgIpc) is 3.98. The zero-order chi connectivity index (χ0) is 44.0. The number of carbonyl (C=O) groups excluding carboxylic acids is 2. The molecule has 0 spiro atoms. The Hall–Kier alpha value is -1.71. The molecule has 0 amide bonds. The molecule has 2 rings (SSSR count). The van der Waals surface area contributed by atoms with Gasteiger partial charge in [-0.1, -0.05) is 128 Å². The predicted octanol–water partition coefficient (Wildman–Crippen LogP) is 7.82. The van der Waals surface area contributed by atoms with E-state index in [0.717, 1.165) is 83.5 Å². The van der Waals surface area contributed by atoms with Gasteiger partial charge in [0.05, 0.1) is 18.8 Å². The Morgan fingerprint density at radius 1 is 0.583 bits per heavy atom. The van der Waals surface area contributed by atoms with Gasteiger partial charge in [0, 0.05) is 12.8 Å². The molecule has 8 unspecified atom stereocenters. The molecular weight excluding hydrogens is 795 g/mol. The molecule has 0 aromatic heterocycles. The first-order chi connectivity index (χ1) is 28.9. The molecule has 0 radical (unpaired) electrons. The van der Waals surface area contributed by atoms with Crippen LogP contribution in [0.5, 0.6) is 0 Å². The molecule has 0 aromatic carbocycles. The summed E-state index contributed by atoms with van der Waals surface area (Å²) < 4.78 is 39.2. The van der Waals surface area contributed by atoms with Gasteiger partial charge in [0.15, 0.2) is 6.10 Å². The number of phosphoric acid groups is 1. The van der Waals surface area contributed by atoms with E-state index in [9.17, 15) is 44.6 Å². The van der Waals surface area contributed by atoms with Gasteiger partial charge in [0.2, 0.25) is 0 Å². The summed E-state index contributed by atoms with van der Waals surface area (Å²) in [5.41, 5.74) is 0. The number of hydrogen-bond acceptors (Lipinski definition) is 13. The highest BCUT2D eigenvalue weighted by Crippen LogP contribution is 2.47. The van der Waals surface area contributed by atoms with Crippen LogP contribution in [0.25, 0.3) is 0 Å². The van der Waals surface area contributed by atoms with Crippen molar-refractivity contribution < 1.29 is 67.8 Å². The van der Waals surface area contributed by atoms with Gasteiger partial charge >= 0.3 is 19.8 Å². The minimum absolute atomic E-state index is 0.0753. The second kappa shape index (κ2) is 32.9. The topological polar surface area (TPSA) is 222 Å². The maximum Gasteiger partial charge on any atom is 0.472 e. The van der Waals surface area contributed by atoms with Crippen molar-refractivity contribution in [3.8, 4) is 0 Å². The van der Waals surface area contributed by atoms with Crippen molar-refractivity contribution in [2.45, 2.75) is 236 Å². The SMILES string of the molecule is CCCCCCCC/C=C\CCCCCCCC(=O)OCC(COP(=O)(O)OC1C(O)C(O)C(O)C(O)C1O)OC(=O)CCCCCCC/C=C\CC1OC1CCCCC. The minimum Gasteiger partial charge on any atom is -0.462 e. The maximum atomic E-state index is 12.8. The second-order valence-corrected chi connectivity index (χ2v) is 18.0. The van der Waals surface area contributed by atoms with Gasteiger partial charge in [-0.3, -0.25) is 18.6 Å². The molecule has 14 nitrogen and oxygen atoms in total. The van der Waals surface area contributed by atoms with Crippen LogP contribution in [0.15, 0.2) is 24.3 Å². The van der Waals surface area contributed by atoms with Crippen LogP contribution in [-0.2, 0) is 37.4 Å². The third kappa shape index (κ3) is 24.8. The minimum atomic E-state index is -5.12. The number of carbonyl (C=O) groups is 2. The first kappa shape index (κ1) is 54.4. The maximum absolute atomic E-state index is 12.8. The Bertz CT molecular complexity index is 1220. The van der Waals surface area contributed by atoms with Crippen LogP contribution in [-0.4, -0.2) is 111 Å². The first-order valence-electron chi connectivity index (χ1n) is 23.3. The lowest BCUT2D eigenvalue weighted by Gasteiger charge is -2.41. The molecule has 1 saturated carbocycles. The summed E-state index contributed by atoms with van der Waals surface area (Å²) in [6.45, 7) is 3.24. The lowest BCUT2D eigenvalue weighted by Crippen LogP contribution is -2.64. The average molecular weight is 877 g/mol. The lowest BCUT2D eigenvalue weighted by atomic mass is 9.85. The van der Waals surface area contributed by atoms with Crippen molar-refractivity contribution in [3.05, 3.63) is 24.3 Å². The third-order valence-corrected chi connectivity index (χ3v) is 12.2. The van der Waals surface area contributed by atoms with Crippen molar-refractivity contribution >= 4 is 19.8 Å². The normalized spacial score (nSPS) is 25.7. The summed E-state index contributed by atoms with van der Waals surface area (Å²) in [6.07, 6.45) is 22.6. The molecule has 1 aliphatic carbocycles. The third-order valence-electron chi connectivity index (χ3n) is 11.2.